The molecule has 0 bridgehead atoms. The molecule has 0 aliphatic rings. The normalized spacial score (nSPS) is 12.4. The molecule has 2 rings (SSSR count). The summed E-state index contributed by atoms with van der Waals surface area (Å²) in [6.45, 7) is 2.23. The number of likely N-dealkylation sites (N-methyl/N-ethyl adjacent to an activating group) is 1. The number of aromatic amines is 1. The van der Waals surface area contributed by atoms with Gasteiger partial charge in [-0.25, -0.2) is 0 Å². The highest BCUT2D eigenvalue weighted by Gasteiger charge is 2.17. The fourth-order valence-corrected chi connectivity index (χ4v) is 2.81. The van der Waals surface area contributed by atoms with Crippen molar-refractivity contribution in [2.75, 3.05) is 20.6 Å². The molecule has 0 aliphatic carbocycles. The summed E-state index contributed by atoms with van der Waals surface area (Å²) in [4.78, 5) is 28.6. The summed E-state index contributed by atoms with van der Waals surface area (Å²) in [7, 11) is 3.93. The molecule has 5 nitrogen and oxygen atoms in total. The van der Waals surface area contributed by atoms with E-state index in [-0.39, 0.29) is 23.1 Å². The standard InChI is InChI=1S/C15H19N3O2S/c1-10-4-5-12(15(20)17-10)14(19)16-8-13(18(2)3)11-6-7-21-9-11/h4-7,9,13H,8H2,1-3H3,(H,16,19)(H,17,20)/t13-/m1/s1. The van der Waals surface area contributed by atoms with Crippen molar-refractivity contribution in [2.45, 2.75) is 13.0 Å². The number of aryl methyl sites for hydroxylation is 1. The maximum atomic E-state index is 12.1. The minimum Gasteiger partial charge on any atom is -0.350 e. The van der Waals surface area contributed by atoms with E-state index in [9.17, 15) is 9.59 Å². The average Bonchev–Trinajstić information content (AvgIpc) is 2.92. The quantitative estimate of drug-likeness (QED) is 0.885. The first-order valence-corrected chi connectivity index (χ1v) is 7.60. The molecular weight excluding hydrogens is 286 g/mol. The van der Waals surface area contributed by atoms with E-state index < -0.39 is 0 Å². The van der Waals surface area contributed by atoms with Crippen molar-refractivity contribution in [1.82, 2.24) is 15.2 Å². The topological polar surface area (TPSA) is 65.2 Å². The van der Waals surface area contributed by atoms with E-state index >= 15 is 0 Å². The number of amides is 1. The Labute approximate surface area is 127 Å². The van der Waals surface area contributed by atoms with Gasteiger partial charge in [0.1, 0.15) is 5.56 Å². The van der Waals surface area contributed by atoms with Gasteiger partial charge in [0.05, 0.1) is 6.04 Å². The van der Waals surface area contributed by atoms with E-state index in [0.29, 0.717) is 6.54 Å². The van der Waals surface area contributed by atoms with Crippen molar-refractivity contribution in [3.05, 3.63) is 56.1 Å². The van der Waals surface area contributed by atoms with Gasteiger partial charge >= 0.3 is 0 Å². The van der Waals surface area contributed by atoms with Gasteiger partial charge in [0, 0.05) is 12.2 Å². The summed E-state index contributed by atoms with van der Waals surface area (Å²) in [5.41, 5.74) is 1.68. The molecule has 0 saturated carbocycles. The SMILES string of the molecule is Cc1ccc(C(=O)NC[C@H](c2ccsc2)N(C)C)c(=O)[nH]1. The molecule has 21 heavy (non-hydrogen) atoms. The first kappa shape index (κ1) is 15.5. The molecule has 0 saturated heterocycles. The minimum absolute atomic E-state index is 0.0877. The number of carbonyl (C=O) groups is 1. The van der Waals surface area contributed by atoms with Gasteiger partial charge in [-0.1, -0.05) is 0 Å². The number of rotatable bonds is 5. The molecule has 112 valence electrons. The number of hydrogen-bond acceptors (Lipinski definition) is 4. The highest BCUT2D eigenvalue weighted by atomic mass is 32.1. The van der Waals surface area contributed by atoms with Gasteiger partial charge in [-0.15, -0.1) is 0 Å². The Balaban J connectivity index is 2.07. The Morgan fingerprint density at radius 3 is 2.71 bits per heavy atom. The molecule has 1 amide bonds. The highest BCUT2D eigenvalue weighted by molar-refractivity contribution is 7.07. The lowest BCUT2D eigenvalue weighted by molar-refractivity contribution is 0.0940. The van der Waals surface area contributed by atoms with E-state index in [2.05, 4.69) is 15.7 Å². The maximum absolute atomic E-state index is 12.1. The van der Waals surface area contributed by atoms with Crippen LogP contribution in [0.2, 0.25) is 0 Å². The van der Waals surface area contributed by atoms with Gasteiger partial charge in [-0.05, 0) is 55.5 Å². The van der Waals surface area contributed by atoms with Gasteiger partial charge in [0.2, 0.25) is 0 Å². The number of aromatic nitrogens is 1. The lowest BCUT2D eigenvalue weighted by Crippen LogP contribution is -2.36. The van der Waals surface area contributed by atoms with Gasteiger partial charge in [0.15, 0.2) is 0 Å². The lowest BCUT2D eigenvalue weighted by atomic mass is 10.1. The zero-order chi connectivity index (χ0) is 15.4. The number of pyridine rings is 1. The molecule has 0 aliphatic heterocycles. The highest BCUT2D eigenvalue weighted by Crippen LogP contribution is 2.19. The Morgan fingerprint density at radius 1 is 1.38 bits per heavy atom. The van der Waals surface area contributed by atoms with Crippen LogP contribution in [0.4, 0.5) is 0 Å². The second-order valence-electron chi connectivity index (χ2n) is 5.13. The lowest BCUT2D eigenvalue weighted by Gasteiger charge is -2.23. The molecule has 1 atom stereocenters. The van der Waals surface area contributed by atoms with E-state index in [1.807, 2.05) is 30.4 Å². The molecule has 0 unspecified atom stereocenters. The van der Waals surface area contributed by atoms with Crippen LogP contribution in [0.25, 0.3) is 0 Å². The van der Waals surface area contributed by atoms with Gasteiger partial charge in [-0.2, -0.15) is 11.3 Å². The largest absolute Gasteiger partial charge is 0.350 e. The van der Waals surface area contributed by atoms with Gasteiger partial charge in [0.25, 0.3) is 11.5 Å². The number of carbonyl (C=O) groups excluding carboxylic acids is 1. The molecular formula is C15H19N3O2S. The number of thiophene rings is 1. The van der Waals surface area contributed by atoms with Crippen LogP contribution in [0, 0.1) is 6.92 Å². The summed E-state index contributed by atoms with van der Waals surface area (Å²) in [6, 6.07) is 5.40. The first-order chi connectivity index (χ1) is 9.99. The minimum atomic E-state index is -0.357. The third kappa shape index (κ3) is 3.80. The summed E-state index contributed by atoms with van der Waals surface area (Å²) < 4.78 is 0. The fourth-order valence-electron chi connectivity index (χ4n) is 2.10. The Hall–Kier alpha value is -1.92. The van der Waals surface area contributed by atoms with Crippen LogP contribution in [0.15, 0.2) is 33.8 Å². The molecule has 0 spiro atoms. The molecule has 2 heterocycles. The van der Waals surface area contributed by atoms with Crippen LogP contribution in [0.3, 0.4) is 0 Å². The van der Waals surface area contributed by atoms with Gasteiger partial charge < -0.3 is 15.2 Å². The summed E-state index contributed by atoms with van der Waals surface area (Å²) in [6.07, 6.45) is 0. The maximum Gasteiger partial charge on any atom is 0.260 e. The zero-order valence-electron chi connectivity index (χ0n) is 12.3. The second kappa shape index (κ2) is 6.69. The van der Waals surface area contributed by atoms with E-state index in [1.165, 1.54) is 0 Å². The second-order valence-corrected chi connectivity index (χ2v) is 5.91. The van der Waals surface area contributed by atoms with Crippen LogP contribution in [-0.2, 0) is 0 Å². The number of H-pyrrole nitrogens is 1. The Morgan fingerprint density at radius 2 is 2.14 bits per heavy atom. The molecule has 2 aromatic heterocycles. The first-order valence-electron chi connectivity index (χ1n) is 6.65. The molecule has 0 radical (unpaired) electrons. The van der Waals surface area contributed by atoms with Crippen molar-refractivity contribution in [3.8, 4) is 0 Å². The predicted octanol–water partition coefficient (Wildman–Crippen LogP) is 1.78. The summed E-state index contributed by atoms with van der Waals surface area (Å²) in [5.74, 6) is -0.349. The van der Waals surface area contributed by atoms with Crippen molar-refractivity contribution in [2.24, 2.45) is 0 Å². The Kier molecular flexibility index (Phi) is 4.93. The predicted molar refractivity (Wildman–Crippen MR) is 84.9 cm³/mol. The monoisotopic (exact) mass is 305 g/mol. The summed E-state index contributed by atoms with van der Waals surface area (Å²) in [5, 5.41) is 6.91. The Bertz CT molecular complexity index is 662. The third-order valence-corrected chi connectivity index (χ3v) is 4.01. The van der Waals surface area contributed by atoms with E-state index in [4.69, 9.17) is 0 Å². The number of nitrogens with zero attached hydrogens (tertiary/aromatic N) is 1. The average molecular weight is 305 g/mol. The van der Waals surface area contributed by atoms with Crippen LogP contribution < -0.4 is 10.9 Å². The molecule has 2 aromatic rings. The van der Waals surface area contributed by atoms with Crippen molar-refractivity contribution < 1.29 is 4.79 Å². The molecule has 0 aromatic carbocycles. The zero-order valence-corrected chi connectivity index (χ0v) is 13.2. The summed E-state index contributed by atoms with van der Waals surface area (Å²) >= 11 is 1.63. The van der Waals surface area contributed by atoms with Crippen LogP contribution in [0.1, 0.15) is 27.7 Å². The number of nitrogens with one attached hydrogen (secondary N) is 2. The van der Waals surface area contributed by atoms with Crippen LogP contribution in [0.5, 0.6) is 0 Å². The van der Waals surface area contributed by atoms with Crippen molar-refractivity contribution in [1.29, 1.82) is 0 Å². The smallest absolute Gasteiger partial charge is 0.260 e. The van der Waals surface area contributed by atoms with E-state index in [1.54, 1.807) is 30.4 Å². The van der Waals surface area contributed by atoms with Crippen molar-refractivity contribution >= 4 is 17.2 Å². The third-order valence-electron chi connectivity index (χ3n) is 3.31. The van der Waals surface area contributed by atoms with E-state index in [0.717, 1.165) is 11.3 Å². The van der Waals surface area contributed by atoms with Crippen molar-refractivity contribution in [3.63, 3.8) is 0 Å². The van der Waals surface area contributed by atoms with Crippen LogP contribution in [-0.4, -0.2) is 36.4 Å². The fraction of sp³-hybridized carbons (Fsp3) is 0.333. The molecule has 6 heteroatoms. The van der Waals surface area contributed by atoms with Crippen LogP contribution >= 0.6 is 11.3 Å². The molecule has 2 N–H and O–H groups in total. The molecule has 0 fully saturated rings. The number of hydrogen-bond donors (Lipinski definition) is 2. The van der Waals surface area contributed by atoms with Gasteiger partial charge in [-0.3, -0.25) is 9.59 Å².